The highest BCUT2D eigenvalue weighted by atomic mass is 19.1. The van der Waals surface area contributed by atoms with E-state index in [9.17, 15) is 9.18 Å². The number of amides is 2. The predicted octanol–water partition coefficient (Wildman–Crippen LogP) is 3.66. The number of aryl methyl sites for hydroxylation is 1. The van der Waals surface area contributed by atoms with Crippen LogP contribution in [0, 0.1) is 18.7 Å². The first-order valence-electron chi connectivity index (χ1n) is 9.83. The number of aromatic amines is 1. The molecule has 0 saturated carbocycles. The van der Waals surface area contributed by atoms with Crippen LogP contribution in [0.3, 0.4) is 0 Å². The summed E-state index contributed by atoms with van der Waals surface area (Å²) in [6.45, 7) is 3.41. The minimum Gasteiger partial charge on any atom is -0.342 e. The van der Waals surface area contributed by atoms with Crippen molar-refractivity contribution in [3.63, 3.8) is 0 Å². The third-order valence-corrected chi connectivity index (χ3v) is 5.16. The first-order valence-corrected chi connectivity index (χ1v) is 9.83. The Morgan fingerprint density at radius 1 is 1.30 bits per heavy atom. The Kier molecular flexibility index (Phi) is 5.56. The van der Waals surface area contributed by atoms with E-state index >= 15 is 0 Å². The lowest BCUT2D eigenvalue weighted by molar-refractivity contribution is 0.210. The van der Waals surface area contributed by atoms with Crippen molar-refractivity contribution in [1.82, 2.24) is 30.2 Å². The molecule has 1 aliphatic heterocycles. The molecular weight excluding hydrogens is 383 g/mol. The van der Waals surface area contributed by atoms with E-state index in [0.29, 0.717) is 23.9 Å². The van der Waals surface area contributed by atoms with Gasteiger partial charge >= 0.3 is 6.03 Å². The van der Waals surface area contributed by atoms with Crippen molar-refractivity contribution >= 4 is 12.1 Å². The zero-order valence-corrected chi connectivity index (χ0v) is 16.9. The minimum absolute atomic E-state index is 0.0382. The van der Waals surface area contributed by atoms with Crippen LogP contribution in [0.5, 0.6) is 0 Å². The van der Waals surface area contributed by atoms with Crippen LogP contribution in [0.25, 0.3) is 28.7 Å². The van der Waals surface area contributed by atoms with E-state index in [1.807, 2.05) is 17.9 Å². The number of benzene rings is 1. The van der Waals surface area contributed by atoms with E-state index in [2.05, 4.69) is 31.3 Å². The number of nitrogens with one attached hydrogen (secondary N) is 2. The topological polar surface area (TPSA) is 86.8 Å². The van der Waals surface area contributed by atoms with Crippen LogP contribution >= 0.6 is 0 Å². The smallest absolute Gasteiger partial charge is 0.317 e. The molecule has 1 aromatic carbocycles. The number of likely N-dealkylation sites (tertiary alicyclic amines) is 1. The third kappa shape index (κ3) is 4.22. The van der Waals surface area contributed by atoms with Crippen LogP contribution in [0.2, 0.25) is 0 Å². The van der Waals surface area contributed by atoms with Gasteiger partial charge in [0.2, 0.25) is 0 Å². The number of nitrogens with zero attached hydrogens (tertiary/aromatic N) is 4. The molecule has 1 atom stereocenters. The van der Waals surface area contributed by atoms with Gasteiger partial charge in [-0.05, 0) is 37.5 Å². The highest BCUT2D eigenvalue weighted by Crippen LogP contribution is 2.24. The number of carbonyl (C=O) groups excluding carboxylic acids is 1. The molecule has 1 unspecified atom stereocenters. The number of hydrogen-bond donors (Lipinski definition) is 2. The SMILES string of the molecule is CNC(=O)N1CCC(C=Cc2nc(-c3cnc(-c4cccc(F)c4)nc3)c(C)[nH]2)C1. The van der Waals surface area contributed by atoms with Gasteiger partial charge in [-0.25, -0.2) is 24.1 Å². The second kappa shape index (κ2) is 8.44. The second-order valence-corrected chi connectivity index (χ2v) is 7.31. The van der Waals surface area contributed by atoms with E-state index in [1.54, 1.807) is 31.6 Å². The van der Waals surface area contributed by atoms with Gasteiger partial charge < -0.3 is 15.2 Å². The maximum Gasteiger partial charge on any atom is 0.317 e. The first-order chi connectivity index (χ1) is 14.5. The number of hydrogen-bond acceptors (Lipinski definition) is 4. The molecule has 2 amide bonds. The van der Waals surface area contributed by atoms with Gasteiger partial charge in [0.15, 0.2) is 5.82 Å². The standard InChI is InChI=1S/C22H23FN6O/c1-14-20(17-11-25-21(26-12-17)16-4-3-5-18(23)10-16)28-19(27-14)7-6-15-8-9-29(13-15)22(30)24-2/h3-7,10-12,15H,8-9,13H2,1-2H3,(H,24,30)(H,27,28). The minimum atomic E-state index is -0.319. The van der Waals surface area contributed by atoms with Gasteiger partial charge in [0, 0.05) is 49.4 Å². The van der Waals surface area contributed by atoms with Crippen molar-refractivity contribution in [3.8, 4) is 22.6 Å². The lowest BCUT2D eigenvalue weighted by atomic mass is 10.1. The van der Waals surface area contributed by atoms with Gasteiger partial charge in [0.25, 0.3) is 0 Å². The maximum atomic E-state index is 13.4. The number of urea groups is 1. The average molecular weight is 406 g/mol. The van der Waals surface area contributed by atoms with Crippen LogP contribution in [0.15, 0.2) is 42.7 Å². The summed E-state index contributed by atoms with van der Waals surface area (Å²) in [5.74, 6) is 1.20. The fourth-order valence-electron chi connectivity index (χ4n) is 3.58. The van der Waals surface area contributed by atoms with Gasteiger partial charge in [-0.15, -0.1) is 0 Å². The van der Waals surface area contributed by atoms with Gasteiger partial charge in [-0.2, -0.15) is 0 Å². The van der Waals surface area contributed by atoms with Crippen LogP contribution in [0.1, 0.15) is 17.9 Å². The Labute approximate surface area is 174 Å². The molecule has 4 rings (SSSR count). The van der Waals surface area contributed by atoms with E-state index in [-0.39, 0.29) is 11.8 Å². The Balaban J connectivity index is 1.47. The van der Waals surface area contributed by atoms with Gasteiger partial charge in [-0.1, -0.05) is 18.2 Å². The van der Waals surface area contributed by atoms with Crippen LogP contribution in [-0.4, -0.2) is 51.0 Å². The van der Waals surface area contributed by atoms with E-state index in [1.165, 1.54) is 12.1 Å². The molecular formula is C22H23FN6O. The number of aromatic nitrogens is 4. The number of rotatable bonds is 4. The Morgan fingerprint density at radius 3 is 2.83 bits per heavy atom. The fraction of sp³-hybridized carbons (Fsp3) is 0.273. The lowest BCUT2D eigenvalue weighted by Crippen LogP contribution is -2.36. The first kappa shape index (κ1) is 19.8. The highest BCUT2D eigenvalue weighted by Gasteiger charge is 2.23. The number of imidazole rings is 1. The summed E-state index contributed by atoms with van der Waals surface area (Å²) in [6, 6.07) is 6.17. The number of H-pyrrole nitrogens is 1. The molecule has 0 spiro atoms. The lowest BCUT2D eigenvalue weighted by Gasteiger charge is -2.14. The predicted molar refractivity (Wildman–Crippen MR) is 113 cm³/mol. The molecule has 154 valence electrons. The fourth-order valence-corrected chi connectivity index (χ4v) is 3.58. The molecule has 1 fully saturated rings. The van der Waals surface area contributed by atoms with Crippen molar-refractivity contribution in [3.05, 3.63) is 60.1 Å². The summed E-state index contributed by atoms with van der Waals surface area (Å²) >= 11 is 0. The molecule has 3 aromatic rings. The van der Waals surface area contributed by atoms with Crippen molar-refractivity contribution in [1.29, 1.82) is 0 Å². The van der Waals surface area contributed by atoms with Crippen LogP contribution < -0.4 is 5.32 Å². The molecule has 1 aliphatic rings. The number of carbonyl (C=O) groups is 1. The van der Waals surface area contributed by atoms with Crippen LogP contribution in [-0.2, 0) is 0 Å². The third-order valence-electron chi connectivity index (χ3n) is 5.16. The van der Waals surface area contributed by atoms with Crippen molar-refractivity contribution < 1.29 is 9.18 Å². The van der Waals surface area contributed by atoms with E-state index in [4.69, 9.17) is 0 Å². The summed E-state index contributed by atoms with van der Waals surface area (Å²) in [5, 5.41) is 2.66. The molecule has 3 heterocycles. The molecule has 2 N–H and O–H groups in total. The quantitative estimate of drug-likeness (QED) is 0.692. The normalized spacial score (nSPS) is 16.4. The van der Waals surface area contributed by atoms with Gasteiger partial charge in [0.1, 0.15) is 11.6 Å². The summed E-state index contributed by atoms with van der Waals surface area (Å²) in [6.07, 6.45) is 8.38. The molecule has 2 aromatic heterocycles. The Hall–Kier alpha value is -3.55. The summed E-state index contributed by atoms with van der Waals surface area (Å²) in [7, 11) is 1.65. The highest BCUT2D eigenvalue weighted by molar-refractivity contribution is 5.74. The molecule has 0 aliphatic carbocycles. The Bertz CT molecular complexity index is 1080. The summed E-state index contributed by atoms with van der Waals surface area (Å²) in [5.41, 5.74) is 3.11. The zero-order valence-electron chi connectivity index (χ0n) is 16.9. The monoisotopic (exact) mass is 406 g/mol. The van der Waals surface area contributed by atoms with Gasteiger partial charge in [-0.3, -0.25) is 0 Å². The molecule has 8 heteroatoms. The van der Waals surface area contributed by atoms with Gasteiger partial charge in [0.05, 0.1) is 5.69 Å². The largest absolute Gasteiger partial charge is 0.342 e. The summed E-state index contributed by atoms with van der Waals surface area (Å²) < 4.78 is 13.4. The molecule has 7 nitrogen and oxygen atoms in total. The summed E-state index contributed by atoms with van der Waals surface area (Å²) in [4.78, 5) is 30.2. The molecule has 0 radical (unpaired) electrons. The van der Waals surface area contributed by atoms with Crippen LogP contribution in [0.4, 0.5) is 9.18 Å². The zero-order chi connectivity index (χ0) is 21.1. The van der Waals surface area contributed by atoms with Crippen molar-refractivity contribution in [2.75, 3.05) is 20.1 Å². The van der Waals surface area contributed by atoms with Crippen molar-refractivity contribution in [2.24, 2.45) is 5.92 Å². The van der Waals surface area contributed by atoms with E-state index in [0.717, 1.165) is 35.7 Å². The molecule has 30 heavy (non-hydrogen) atoms. The molecule has 1 saturated heterocycles. The molecule has 0 bridgehead atoms. The average Bonchev–Trinajstić information content (AvgIpc) is 3.38. The van der Waals surface area contributed by atoms with E-state index < -0.39 is 0 Å². The van der Waals surface area contributed by atoms with Crippen molar-refractivity contribution in [2.45, 2.75) is 13.3 Å². The Morgan fingerprint density at radius 2 is 2.10 bits per heavy atom. The maximum absolute atomic E-state index is 13.4. The number of halogens is 1. The second-order valence-electron chi connectivity index (χ2n) is 7.31.